The smallest absolute Gasteiger partial charge is 0.0714 e. The SMILES string of the molecule is CC1(C)c2ccccc2-c2cc(N(c3ccc4c(c3)C(c3ccccc3)(c3ccccc3)c3ccccc3-4)c3cc4c5ccccc5c5ccccc5c4cc3-c3cccc(-c4ccccc4)c3)ccc21. The van der Waals surface area contributed by atoms with Gasteiger partial charge in [-0.3, -0.25) is 0 Å². The second-order valence-electron chi connectivity index (χ2n) is 19.9. The van der Waals surface area contributed by atoms with E-state index in [1.54, 1.807) is 0 Å². The second kappa shape index (κ2) is 15.9. The molecule has 2 aliphatic rings. The number of rotatable bonds is 7. The first-order chi connectivity index (χ1) is 35.0. The summed E-state index contributed by atoms with van der Waals surface area (Å²) in [6.07, 6.45) is 0. The summed E-state index contributed by atoms with van der Waals surface area (Å²) in [6.45, 7) is 4.74. The van der Waals surface area contributed by atoms with E-state index in [2.05, 4.69) is 280 Å². The van der Waals surface area contributed by atoms with E-state index in [0.717, 1.165) is 28.2 Å². The second-order valence-corrected chi connectivity index (χ2v) is 19.9. The van der Waals surface area contributed by atoms with E-state index in [1.165, 1.54) is 99.1 Å². The summed E-state index contributed by atoms with van der Waals surface area (Å²) in [5.74, 6) is 0. The van der Waals surface area contributed by atoms with Gasteiger partial charge >= 0.3 is 0 Å². The fraction of sp³-hybridized carbons (Fsp3) is 0.0571. The van der Waals surface area contributed by atoms with Crippen molar-refractivity contribution in [3.05, 3.63) is 294 Å². The average Bonchev–Trinajstić information content (AvgIpc) is 3.87. The molecule has 14 rings (SSSR count). The normalized spacial score (nSPS) is 13.7. The van der Waals surface area contributed by atoms with Gasteiger partial charge in [0.25, 0.3) is 0 Å². The van der Waals surface area contributed by atoms with Crippen molar-refractivity contribution in [2.75, 3.05) is 4.90 Å². The lowest BCUT2D eigenvalue weighted by molar-refractivity contribution is 0.660. The molecule has 1 heteroatoms. The predicted molar refractivity (Wildman–Crippen MR) is 299 cm³/mol. The molecule has 0 amide bonds. The average molecular weight is 904 g/mol. The number of fused-ring (bicyclic) bond motifs is 12. The molecule has 0 heterocycles. The van der Waals surface area contributed by atoms with E-state index in [1.807, 2.05) is 0 Å². The Morgan fingerprint density at radius 1 is 0.268 bits per heavy atom. The Balaban J connectivity index is 1.12. The molecule has 2 aliphatic carbocycles. The quantitative estimate of drug-likeness (QED) is 0.144. The summed E-state index contributed by atoms with van der Waals surface area (Å²) in [6, 6.07) is 97.8. The zero-order chi connectivity index (χ0) is 47.3. The van der Waals surface area contributed by atoms with E-state index in [4.69, 9.17) is 0 Å². The zero-order valence-electron chi connectivity index (χ0n) is 39.8. The third kappa shape index (κ3) is 6.13. The fourth-order valence-corrected chi connectivity index (χ4v) is 12.7. The number of hydrogen-bond donors (Lipinski definition) is 0. The van der Waals surface area contributed by atoms with Crippen LogP contribution in [0.1, 0.15) is 47.2 Å². The van der Waals surface area contributed by atoms with E-state index < -0.39 is 5.41 Å². The van der Waals surface area contributed by atoms with Crippen molar-refractivity contribution >= 4 is 49.4 Å². The maximum atomic E-state index is 2.58. The molecule has 12 aromatic carbocycles. The molecule has 12 aromatic rings. The third-order valence-electron chi connectivity index (χ3n) is 15.9. The standard InChI is InChI=1S/C70H49N/c1-69(2)64-35-18-16-34-58(64)63-42-51(38-40-65(63)69)71(52-37-39-59-57-33-17-19-36-66(57)70(67(59)43-52,49-25-8-4-9-26-49)50-27-10-5-11-28-50)68-45-62-56-32-15-13-30-54(56)53-29-12-14-31-55(53)61(62)44-60(68)48-24-20-23-47(41-48)46-21-6-3-7-22-46/h3-45H,1-2H3. The minimum atomic E-state index is -0.567. The summed E-state index contributed by atoms with van der Waals surface area (Å²) in [5, 5.41) is 7.49. The largest absolute Gasteiger partial charge is 0.310 e. The highest BCUT2D eigenvalue weighted by atomic mass is 15.1. The van der Waals surface area contributed by atoms with Gasteiger partial charge in [-0.25, -0.2) is 0 Å². The van der Waals surface area contributed by atoms with E-state index in [-0.39, 0.29) is 5.41 Å². The van der Waals surface area contributed by atoms with Crippen LogP contribution < -0.4 is 4.90 Å². The van der Waals surface area contributed by atoms with Gasteiger partial charge in [0.1, 0.15) is 0 Å². The van der Waals surface area contributed by atoms with Gasteiger partial charge in [-0.2, -0.15) is 0 Å². The molecule has 71 heavy (non-hydrogen) atoms. The van der Waals surface area contributed by atoms with E-state index in [9.17, 15) is 0 Å². The first-order valence-corrected chi connectivity index (χ1v) is 24.9. The maximum Gasteiger partial charge on any atom is 0.0714 e. The Kier molecular flexibility index (Phi) is 9.22. The highest BCUT2D eigenvalue weighted by Gasteiger charge is 2.46. The van der Waals surface area contributed by atoms with Gasteiger partial charge < -0.3 is 4.90 Å². The minimum absolute atomic E-state index is 0.133. The van der Waals surface area contributed by atoms with Gasteiger partial charge in [-0.05, 0) is 147 Å². The molecule has 0 radical (unpaired) electrons. The minimum Gasteiger partial charge on any atom is -0.310 e. The number of benzene rings is 12. The van der Waals surface area contributed by atoms with Crippen LogP contribution in [0.2, 0.25) is 0 Å². The summed E-state index contributed by atoms with van der Waals surface area (Å²) in [5.41, 5.74) is 20.3. The van der Waals surface area contributed by atoms with Crippen LogP contribution in [0.4, 0.5) is 17.1 Å². The molecule has 0 aromatic heterocycles. The van der Waals surface area contributed by atoms with Crippen molar-refractivity contribution in [2.45, 2.75) is 24.7 Å². The molecule has 0 bridgehead atoms. The molecule has 0 saturated heterocycles. The summed E-state index contributed by atoms with van der Waals surface area (Å²) >= 11 is 0. The van der Waals surface area contributed by atoms with Crippen molar-refractivity contribution in [3.63, 3.8) is 0 Å². The Morgan fingerprint density at radius 2 is 0.732 bits per heavy atom. The molecule has 0 atom stereocenters. The first kappa shape index (κ1) is 41.2. The van der Waals surface area contributed by atoms with Crippen molar-refractivity contribution in [1.29, 1.82) is 0 Å². The lowest BCUT2D eigenvalue weighted by Gasteiger charge is -2.35. The molecule has 0 N–H and O–H groups in total. The van der Waals surface area contributed by atoms with Gasteiger partial charge in [0.05, 0.1) is 11.1 Å². The van der Waals surface area contributed by atoms with Gasteiger partial charge in [0.2, 0.25) is 0 Å². The number of nitrogens with zero attached hydrogens (tertiary/aromatic N) is 1. The molecule has 1 nitrogen and oxygen atoms in total. The lowest BCUT2D eigenvalue weighted by atomic mass is 9.67. The molecule has 0 saturated carbocycles. The molecular weight excluding hydrogens is 855 g/mol. The van der Waals surface area contributed by atoms with E-state index >= 15 is 0 Å². The van der Waals surface area contributed by atoms with Gasteiger partial charge in [0.15, 0.2) is 0 Å². The Hall–Kier alpha value is -8.78. The summed E-state index contributed by atoms with van der Waals surface area (Å²) in [4.78, 5) is 2.58. The fourth-order valence-electron chi connectivity index (χ4n) is 12.7. The molecule has 0 spiro atoms. The Labute approximate surface area is 415 Å². The van der Waals surface area contributed by atoms with Crippen LogP contribution in [0.3, 0.4) is 0 Å². The molecule has 0 aliphatic heterocycles. The highest BCUT2D eigenvalue weighted by Crippen LogP contribution is 2.58. The summed E-state index contributed by atoms with van der Waals surface area (Å²) < 4.78 is 0. The number of anilines is 3. The third-order valence-corrected chi connectivity index (χ3v) is 15.9. The van der Waals surface area contributed by atoms with Gasteiger partial charge in [-0.15, -0.1) is 0 Å². The monoisotopic (exact) mass is 903 g/mol. The molecule has 0 unspecified atom stereocenters. The number of hydrogen-bond acceptors (Lipinski definition) is 1. The molecule has 334 valence electrons. The van der Waals surface area contributed by atoms with E-state index in [0.29, 0.717) is 0 Å². The predicted octanol–water partition coefficient (Wildman–Crippen LogP) is 18.6. The van der Waals surface area contributed by atoms with Crippen LogP contribution in [0.5, 0.6) is 0 Å². The molecule has 0 fully saturated rings. The van der Waals surface area contributed by atoms with Crippen molar-refractivity contribution in [1.82, 2.24) is 0 Å². The van der Waals surface area contributed by atoms with Crippen LogP contribution in [0.25, 0.3) is 76.8 Å². The van der Waals surface area contributed by atoms with Crippen LogP contribution in [-0.4, -0.2) is 0 Å². The van der Waals surface area contributed by atoms with Crippen molar-refractivity contribution in [2.24, 2.45) is 0 Å². The lowest BCUT2D eigenvalue weighted by Crippen LogP contribution is -2.28. The van der Waals surface area contributed by atoms with Crippen LogP contribution in [-0.2, 0) is 10.8 Å². The van der Waals surface area contributed by atoms with Crippen LogP contribution in [0.15, 0.2) is 261 Å². The van der Waals surface area contributed by atoms with Crippen LogP contribution >= 0.6 is 0 Å². The van der Waals surface area contributed by atoms with Crippen molar-refractivity contribution < 1.29 is 0 Å². The summed E-state index contributed by atoms with van der Waals surface area (Å²) in [7, 11) is 0. The highest BCUT2D eigenvalue weighted by molar-refractivity contribution is 6.27. The Bertz CT molecular complexity index is 4030. The maximum absolute atomic E-state index is 2.58. The van der Waals surface area contributed by atoms with Gasteiger partial charge in [-0.1, -0.05) is 232 Å². The first-order valence-electron chi connectivity index (χ1n) is 24.9. The molecular formula is C70H49N. The Morgan fingerprint density at radius 3 is 1.39 bits per heavy atom. The van der Waals surface area contributed by atoms with Gasteiger partial charge in [0, 0.05) is 22.4 Å². The topological polar surface area (TPSA) is 3.24 Å². The zero-order valence-corrected chi connectivity index (χ0v) is 39.8. The van der Waals surface area contributed by atoms with Crippen molar-refractivity contribution in [3.8, 4) is 44.5 Å². The van der Waals surface area contributed by atoms with Crippen LogP contribution in [0, 0.1) is 0 Å².